The summed E-state index contributed by atoms with van der Waals surface area (Å²) in [6, 6.07) is 26.0. The Bertz CT molecular complexity index is 1690. The summed E-state index contributed by atoms with van der Waals surface area (Å²) in [4.78, 5) is 10.5. The number of hydrogen-bond donors (Lipinski definition) is 0. The Morgan fingerprint density at radius 2 is 1.61 bits per heavy atom. The standard InChI is InChI=1S/C32H29N3Si/c1-6-12-22(3)35-20-21(2)26-19-24(17-18-27(26)35)32-33-29(23-13-8-7-9-14-23)31-30(34-32)25-15-10-11-16-28(25)36(31,4)5/h6-20H,1H2,2-5H3. The van der Waals surface area contributed by atoms with E-state index in [0.29, 0.717) is 0 Å². The first kappa shape index (κ1) is 22.4. The average molecular weight is 484 g/mol. The molecule has 0 N–H and O–H groups in total. The maximum absolute atomic E-state index is 5.26. The molecule has 0 fully saturated rings. The van der Waals surface area contributed by atoms with Crippen LogP contribution in [0.4, 0.5) is 0 Å². The molecule has 0 saturated carbocycles. The van der Waals surface area contributed by atoms with Gasteiger partial charge in [-0.05, 0) is 59.6 Å². The highest BCUT2D eigenvalue weighted by Gasteiger charge is 2.41. The largest absolute Gasteiger partial charge is 0.320 e. The number of allylic oxidation sites excluding steroid dienone is 3. The normalized spacial score (nSPS) is 14.1. The predicted molar refractivity (Wildman–Crippen MR) is 155 cm³/mol. The Morgan fingerprint density at radius 1 is 0.889 bits per heavy atom. The molecule has 0 amide bonds. The molecule has 3 aromatic carbocycles. The number of nitrogens with zero attached hydrogens (tertiary/aromatic N) is 3. The smallest absolute Gasteiger partial charge is 0.160 e. The van der Waals surface area contributed by atoms with Crippen molar-refractivity contribution in [3.05, 3.63) is 103 Å². The predicted octanol–water partition coefficient (Wildman–Crippen LogP) is 6.92. The van der Waals surface area contributed by atoms with Gasteiger partial charge >= 0.3 is 0 Å². The zero-order valence-corrected chi connectivity index (χ0v) is 22.2. The second kappa shape index (κ2) is 8.28. The van der Waals surface area contributed by atoms with Crippen LogP contribution >= 0.6 is 0 Å². The van der Waals surface area contributed by atoms with E-state index >= 15 is 0 Å². The average Bonchev–Trinajstić information content (AvgIpc) is 3.35. The monoisotopic (exact) mass is 483 g/mol. The molecule has 2 aromatic heterocycles. The molecule has 176 valence electrons. The van der Waals surface area contributed by atoms with Crippen molar-refractivity contribution < 1.29 is 0 Å². The lowest BCUT2D eigenvalue weighted by Gasteiger charge is -2.21. The zero-order chi connectivity index (χ0) is 25.0. The molecule has 5 aromatic rings. The van der Waals surface area contributed by atoms with Crippen LogP contribution in [0.5, 0.6) is 0 Å². The summed E-state index contributed by atoms with van der Waals surface area (Å²) in [7, 11) is -1.95. The van der Waals surface area contributed by atoms with E-state index in [0.717, 1.165) is 34.0 Å². The fourth-order valence-corrected chi connectivity index (χ4v) is 8.86. The van der Waals surface area contributed by atoms with E-state index in [1.54, 1.807) is 0 Å². The first-order chi connectivity index (χ1) is 17.4. The summed E-state index contributed by atoms with van der Waals surface area (Å²) in [6.07, 6.45) is 6.05. The maximum atomic E-state index is 5.26. The minimum absolute atomic E-state index is 0.779. The first-order valence-corrected chi connectivity index (χ1v) is 15.4. The van der Waals surface area contributed by atoms with Crippen molar-refractivity contribution in [1.82, 2.24) is 14.5 Å². The van der Waals surface area contributed by atoms with Crippen molar-refractivity contribution in [3.8, 4) is 33.9 Å². The van der Waals surface area contributed by atoms with Crippen LogP contribution in [-0.4, -0.2) is 22.6 Å². The first-order valence-electron chi connectivity index (χ1n) is 12.4. The van der Waals surface area contributed by atoms with Gasteiger partial charge in [0.2, 0.25) is 0 Å². The minimum Gasteiger partial charge on any atom is -0.320 e. The molecule has 3 nitrogen and oxygen atoms in total. The van der Waals surface area contributed by atoms with Crippen molar-refractivity contribution in [2.75, 3.05) is 0 Å². The summed E-state index contributed by atoms with van der Waals surface area (Å²) in [5, 5.41) is 3.99. The summed E-state index contributed by atoms with van der Waals surface area (Å²) in [5.74, 6) is 0.779. The van der Waals surface area contributed by atoms with Crippen molar-refractivity contribution in [3.63, 3.8) is 0 Å². The van der Waals surface area contributed by atoms with E-state index in [1.807, 2.05) is 12.2 Å². The lowest BCUT2D eigenvalue weighted by Crippen LogP contribution is -2.50. The van der Waals surface area contributed by atoms with Gasteiger partial charge < -0.3 is 4.57 Å². The number of benzene rings is 3. The highest BCUT2D eigenvalue weighted by molar-refractivity contribution is 7.04. The maximum Gasteiger partial charge on any atom is 0.160 e. The van der Waals surface area contributed by atoms with Crippen molar-refractivity contribution in [2.24, 2.45) is 0 Å². The van der Waals surface area contributed by atoms with Gasteiger partial charge in [0.15, 0.2) is 5.82 Å². The van der Waals surface area contributed by atoms with Crippen LogP contribution in [-0.2, 0) is 0 Å². The topological polar surface area (TPSA) is 30.7 Å². The molecule has 1 aliphatic rings. The lowest BCUT2D eigenvalue weighted by molar-refractivity contribution is 1.14. The Labute approximate surface area is 213 Å². The highest BCUT2D eigenvalue weighted by Crippen LogP contribution is 2.34. The van der Waals surface area contributed by atoms with Crippen LogP contribution in [0.25, 0.3) is 50.5 Å². The zero-order valence-electron chi connectivity index (χ0n) is 21.2. The fourth-order valence-electron chi connectivity index (χ4n) is 5.63. The van der Waals surface area contributed by atoms with Crippen molar-refractivity contribution in [1.29, 1.82) is 0 Å². The quantitative estimate of drug-likeness (QED) is 0.205. The Balaban J connectivity index is 1.61. The molecule has 0 aliphatic carbocycles. The van der Waals surface area contributed by atoms with Crippen LogP contribution < -0.4 is 10.4 Å². The van der Waals surface area contributed by atoms with Crippen molar-refractivity contribution in [2.45, 2.75) is 26.9 Å². The Kier molecular flexibility index (Phi) is 5.16. The number of hydrogen-bond acceptors (Lipinski definition) is 2. The number of fused-ring (bicyclic) bond motifs is 4. The molecular weight excluding hydrogens is 454 g/mol. The van der Waals surface area contributed by atoms with Crippen LogP contribution in [0.3, 0.4) is 0 Å². The SMILES string of the molecule is C=CC=C(C)n1cc(C)c2cc(-c3nc(-c4ccccc4)c4c(n3)-c3ccccc3[Si]4(C)C)ccc21. The Hall–Kier alpha value is -4.02. The number of aromatic nitrogens is 3. The van der Waals surface area contributed by atoms with Gasteiger partial charge in [0.1, 0.15) is 8.07 Å². The van der Waals surface area contributed by atoms with E-state index in [-0.39, 0.29) is 0 Å². The summed E-state index contributed by atoms with van der Waals surface area (Å²) >= 11 is 0. The van der Waals surface area contributed by atoms with Crippen molar-refractivity contribution >= 4 is 35.0 Å². The number of rotatable bonds is 4. The Morgan fingerprint density at radius 3 is 2.39 bits per heavy atom. The number of aryl methyl sites for hydroxylation is 1. The third-order valence-corrected chi connectivity index (χ3v) is 10.9. The molecule has 4 heteroatoms. The van der Waals surface area contributed by atoms with Crippen LogP contribution in [0.1, 0.15) is 12.5 Å². The molecule has 0 unspecified atom stereocenters. The second-order valence-corrected chi connectivity index (χ2v) is 14.4. The molecule has 1 aliphatic heterocycles. The van der Waals surface area contributed by atoms with Gasteiger partial charge in [0.05, 0.1) is 16.9 Å². The summed E-state index contributed by atoms with van der Waals surface area (Å²) < 4.78 is 2.22. The minimum atomic E-state index is -1.95. The van der Waals surface area contributed by atoms with E-state index in [1.165, 1.54) is 32.4 Å². The molecular formula is C32H29N3Si. The molecule has 0 bridgehead atoms. The summed E-state index contributed by atoms with van der Waals surface area (Å²) in [6.45, 7) is 13.0. The van der Waals surface area contributed by atoms with E-state index in [2.05, 4.69) is 117 Å². The van der Waals surface area contributed by atoms with Gasteiger partial charge in [0, 0.05) is 28.4 Å². The third-order valence-electron chi connectivity index (χ3n) is 7.44. The van der Waals surface area contributed by atoms with Gasteiger partial charge in [-0.3, -0.25) is 0 Å². The van der Waals surface area contributed by atoms with Crippen LogP contribution in [0.15, 0.2) is 97.7 Å². The molecule has 6 rings (SSSR count). The van der Waals surface area contributed by atoms with E-state index in [4.69, 9.17) is 9.97 Å². The lowest BCUT2D eigenvalue weighted by atomic mass is 10.1. The highest BCUT2D eigenvalue weighted by atomic mass is 28.3. The molecule has 0 atom stereocenters. The van der Waals surface area contributed by atoms with E-state index < -0.39 is 8.07 Å². The van der Waals surface area contributed by atoms with Gasteiger partial charge in [-0.2, -0.15) is 0 Å². The van der Waals surface area contributed by atoms with E-state index in [9.17, 15) is 0 Å². The third kappa shape index (κ3) is 3.33. The van der Waals surface area contributed by atoms with Gasteiger partial charge in [-0.25, -0.2) is 9.97 Å². The second-order valence-electron chi connectivity index (χ2n) is 10.1. The van der Waals surface area contributed by atoms with Gasteiger partial charge in [-0.15, -0.1) is 0 Å². The molecule has 3 heterocycles. The molecule has 0 spiro atoms. The molecule has 0 saturated heterocycles. The van der Waals surface area contributed by atoms with Gasteiger partial charge in [0.25, 0.3) is 0 Å². The van der Waals surface area contributed by atoms with Crippen LogP contribution in [0, 0.1) is 6.92 Å². The molecule has 0 radical (unpaired) electrons. The molecule has 36 heavy (non-hydrogen) atoms. The summed E-state index contributed by atoms with van der Waals surface area (Å²) in [5.41, 5.74) is 9.17. The van der Waals surface area contributed by atoms with Crippen LogP contribution in [0.2, 0.25) is 13.1 Å². The van der Waals surface area contributed by atoms with Gasteiger partial charge in [-0.1, -0.05) is 80.3 Å². The fraction of sp³-hybridized carbons (Fsp3) is 0.125.